The summed E-state index contributed by atoms with van der Waals surface area (Å²) >= 11 is 0. The van der Waals surface area contributed by atoms with Crippen molar-refractivity contribution in [2.75, 3.05) is 29.9 Å². The van der Waals surface area contributed by atoms with Crippen LogP contribution in [0.2, 0.25) is 0 Å². The van der Waals surface area contributed by atoms with Crippen LogP contribution in [0.3, 0.4) is 0 Å². The highest BCUT2D eigenvalue weighted by molar-refractivity contribution is 6.08. The highest BCUT2D eigenvalue weighted by Gasteiger charge is 2.21. The van der Waals surface area contributed by atoms with Crippen LogP contribution in [0, 0.1) is 5.41 Å². The average molecular weight is 415 g/mol. The third-order valence-electron chi connectivity index (χ3n) is 5.32. The molecule has 6 nitrogen and oxygen atoms in total. The number of anilines is 3. The van der Waals surface area contributed by atoms with E-state index in [0.717, 1.165) is 29.9 Å². The van der Waals surface area contributed by atoms with Crippen LogP contribution in [0.25, 0.3) is 11.1 Å². The molecule has 1 aliphatic heterocycles. The second-order valence-electron chi connectivity index (χ2n) is 7.50. The molecule has 2 N–H and O–H groups in total. The Hall–Kier alpha value is -3.67. The monoisotopic (exact) mass is 414 g/mol. The standard InChI is InChI=1S/C25H26N4O2/c1-3-31-25(30)22-16-21(18-10-12-20(13-11-18)29-14-7-15-29)23(17(2)26)24(28-22)27-19-8-5-4-6-9-19/h4-6,8-13,16,26H,3,7,14-15H2,1-2H3,(H,27,28). The van der Waals surface area contributed by atoms with E-state index >= 15 is 0 Å². The van der Waals surface area contributed by atoms with Gasteiger partial charge in [-0.15, -0.1) is 0 Å². The molecular weight excluding hydrogens is 388 g/mol. The van der Waals surface area contributed by atoms with E-state index in [1.165, 1.54) is 12.1 Å². The molecule has 2 aromatic carbocycles. The zero-order chi connectivity index (χ0) is 21.8. The number of rotatable bonds is 7. The number of pyridine rings is 1. The quantitative estimate of drug-likeness (QED) is 0.407. The Balaban J connectivity index is 1.82. The summed E-state index contributed by atoms with van der Waals surface area (Å²) in [4.78, 5) is 19.4. The van der Waals surface area contributed by atoms with E-state index in [1.807, 2.05) is 42.5 Å². The maximum Gasteiger partial charge on any atom is 0.357 e. The Labute approximate surface area is 182 Å². The van der Waals surface area contributed by atoms with Gasteiger partial charge in [0.25, 0.3) is 0 Å². The van der Waals surface area contributed by atoms with E-state index in [4.69, 9.17) is 10.1 Å². The highest BCUT2D eigenvalue weighted by Crippen LogP contribution is 2.33. The van der Waals surface area contributed by atoms with E-state index in [2.05, 4.69) is 27.3 Å². The number of esters is 1. The molecule has 1 fully saturated rings. The Morgan fingerprint density at radius 1 is 1.13 bits per heavy atom. The van der Waals surface area contributed by atoms with Crippen molar-refractivity contribution in [3.8, 4) is 11.1 Å². The molecule has 0 amide bonds. The molecule has 1 saturated heterocycles. The van der Waals surface area contributed by atoms with Crippen LogP contribution in [0.4, 0.5) is 17.2 Å². The lowest BCUT2D eigenvalue weighted by atomic mass is 9.96. The van der Waals surface area contributed by atoms with E-state index < -0.39 is 5.97 Å². The summed E-state index contributed by atoms with van der Waals surface area (Å²) in [5, 5.41) is 11.7. The predicted molar refractivity (Wildman–Crippen MR) is 125 cm³/mol. The molecule has 1 aromatic heterocycles. The molecule has 31 heavy (non-hydrogen) atoms. The molecule has 3 aromatic rings. The molecule has 158 valence electrons. The van der Waals surface area contributed by atoms with E-state index in [-0.39, 0.29) is 12.3 Å². The van der Waals surface area contributed by atoms with Crippen molar-refractivity contribution in [3.63, 3.8) is 0 Å². The van der Waals surface area contributed by atoms with Crippen LogP contribution in [0.1, 0.15) is 36.3 Å². The predicted octanol–water partition coefficient (Wildman–Crippen LogP) is 5.27. The van der Waals surface area contributed by atoms with Crippen molar-refractivity contribution in [3.05, 3.63) is 71.9 Å². The van der Waals surface area contributed by atoms with Gasteiger partial charge in [-0.25, -0.2) is 9.78 Å². The van der Waals surface area contributed by atoms with Gasteiger partial charge in [0, 0.05) is 35.7 Å². The van der Waals surface area contributed by atoms with E-state index in [0.29, 0.717) is 17.1 Å². The number of hydrogen-bond acceptors (Lipinski definition) is 6. The van der Waals surface area contributed by atoms with E-state index in [1.54, 1.807) is 19.9 Å². The van der Waals surface area contributed by atoms with Crippen molar-refractivity contribution >= 4 is 28.9 Å². The number of nitrogens with one attached hydrogen (secondary N) is 2. The number of aromatic nitrogens is 1. The van der Waals surface area contributed by atoms with Gasteiger partial charge in [-0.1, -0.05) is 30.3 Å². The van der Waals surface area contributed by atoms with Gasteiger partial charge in [0.15, 0.2) is 5.69 Å². The van der Waals surface area contributed by atoms with Crippen LogP contribution in [-0.4, -0.2) is 36.4 Å². The lowest BCUT2D eigenvalue weighted by Gasteiger charge is -2.33. The van der Waals surface area contributed by atoms with Crippen LogP contribution >= 0.6 is 0 Å². The number of hydrogen-bond donors (Lipinski definition) is 2. The van der Waals surface area contributed by atoms with Crippen LogP contribution < -0.4 is 10.2 Å². The van der Waals surface area contributed by atoms with Gasteiger partial charge in [0.2, 0.25) is 0 Å². The average Bonchev–Trinajstić information content (AvgIpc) is 2.73. The number of benzene rings is 2. The van der Waals surface area contributed by atoms with Crippen LogP contribution in [0.5, 0.6) is 0 Å². The highest BCUT2D eigenvalue weighted by atomic mass is 16.5. The molecule has 0 bridgehead atoms. The first-order valence-corrected chi connectivity index (χ1v) is 10.5. The third-order valence-corrected chi connectivity index (χ3v) is 5.32. The summed E-state index contributed by atoms with van der Waals surface area (Å²) in [6.07, 6.45) is 1.22. The molecule has 0 radical (unpaired) electrons. The van der Waals surface area contributed by atoms with E-state index in [9.17, 15) is 4.79 Å². The Morgan fingerprint density at radius 3 is 2.42 bits per heavy atom. The van der Waals surface area contributed by atoms with Crippen LogP contribution in [0.15, 0.2) is 60.7 Å². The number of carbonyl (C=O) groups excluding carboxylic acids is 1. The zero-order valence-electron chi connectivity index (χ0n) is 17.8. The minimum atomic E-state index is -0.480. The lowest BCUT2D eigenvalue weighted by Crippen LogP contribution is -2.36. The summed E-state index contributed by atoms with van der Waals surface area (Å²) in [6, 6.07) is 19.6. The van der Waals surface area contributed by atoms with Gasteiger partial charge < -0.3 is 20.4 Å². The molecular formula is C25H26N4O2. The van der Waals surface area contributed by atoms with Gasteiger partial charge in [-0.05, 0) is 61.7 Å². The first-order valence-electron chi connectivity index (χ1n) is 10.5. The van der Waals surface area contributed by atoms with Crippen molar-refractivity contribution in [2.45, 2.75) is 20.3 Å². The van der Waals surface area contributed by atoms with Crippen molar-refractivity contribution in [2.24, 2.45) is 0 Å². The maximum absolute atomic E-state index is 12.5. The normalized spacial score (nSPS) is 12.8. The first-order chi connectivity index (χ1) is 15.1. The first kappa shape index (κ1) is 20.6. The summed E-state index contributed by atoms with van der Waals surface area (Å²) in [6.45, 7) is 5.93. The van der Waals surface area contributed by atoms with Crippen molar-refractivity contribution in [1.29, 1.82) is 5.41 Å². The van der Waals surface area contributed by atoms with Gasteiger partial charge in [0.1, 0.15) is 5.82 Å². The molecule has 0 atom stereocenters. The number of para-hydroxylation sites is 1. The smallest absolute Gasteiger partial charge is 0.357 e. The maximum atomic E-state index is 12.5. The topological polar surface area (TPSA) is 78.3 Å². The molecule has 4 rings (SSSR count). The molecule has 0 unspecified atom stereocenters. The minimum Gasteiger partial charge on any atom is -0.461 e. The Kier molecular flexibility index (Phi) is 5.98. The van der Waals surface area contributed by atoms with Crippen molar-refractivity contribution in [1.82, 2.24) is 4.98 Å². The molecule has 6 heteroatoms. The molecule has 0 aliphatic carbocycles. The number of nitrogens with zero attached hydrogens (tertiary/aromatic N) is 2. The van der Waals surface area contributed by atoms with Crippen LogP contribution in [-0.2, 0) is 4.74 Å². The molecule has 1 aliphatic rings. The zero-order valence-corrected chi connectivity index (χ0v) is 17.8. The largest absolute Gasteiger partial charge is 0.461 e. The molecule has 0 saturated carbocycles. The SMILES string of the molecule is CCOC(=O)c1cc(-c2ccc(N3CCC3)cc2)c(C(C)=N)c(Nc2ccccc2)n1. The Bertz CT molecular complexity index is 1090. The second kappa shape index (κ2) is 9.00. The summed E-state index contributed by atoms with van der Waals surface area (Å²) in [7, 11) is 0. The van der Waals surface area contributed by atoms with Gasteiger partial charge in [-0.2, -0.15) is 0 Å². The molecule has 0 spiro atoms. The Morgan fingerprint density at radius 2 is 1.84 bits per heavy atom. The van der Waals surface area contributed by atoms with Gasteiger partial charge in [0.05, 0.1) is 6.61 Å². The fourth-order valence-corrected chi connectivity index (χ4v) is 3.64. The summed E-state index contributed by atoms with van der Waals surface area (Å²) in [5.74, 6) is -0.0164. The fourth-order valence-electron chi connectivity index (χ4n) is 3.64. The third kappa shape index (κ3) is 4.43. The fraction of sp³-hybridized carbons (Fsp3) is 0.240. The van der Waals surface area contributed by atoms with Crippen molar-refractivity contribution < 1.29 is 9.53 Å². The molecule has 2 heterocycles. The second-order valence-corrected chi connectivity index (χ2v) is 7.50. The summed E-state index contributed by atoms with van der Waals surface area (Å²) in [5.41, 5.74) is 4.96. The minimum absolute atomic E-state index is 0.215. The van der Waals surface area contributed by atoms with Gasteiger partial charge in [-0.3, -0.25) is 0 Å². The number of ether oxygens (including phenoxy) is 1. The summed E-state index contributed by atoms with van der Waals surface area (Å²) < 4.78 is 5.21. The van der Waals surface area contributed by atoms with Gasteiger partial charge >= 0.3 is 5.97 Å². The number of carbonyl (C=O) groups is 1. The lowest BCUT2D eigenvalue weighted by molar-refractivity contribution is 0.0519.